The summed E-state index contributed by atoms with van der Waals surface area (Å²) >= 11 is 5.85. The summed E-state index contributed by atoms with van der Waals surface area (Å²) in [7, 11) is 7.77. The van der Waals surface area contributed by atoms with Crippen molar-refractivity contribution in [2.45, 2.75) is 26.3 Å². The Morgan fingerprint density at radius 3 is 2.71 bits per heavy atom. The fourth-order valence-electron chi connectivity index (χ4n) is 3.19. The molecule has 159 valence electrons. The topological polar surface area (TPSA) is 27.6 Å². The number of hydrogen-bond acceptors (Lipinski definition) is 3. The van der Waals surface area contributed by atoms with E-state index in [1.807, 2.05) is 48.4 Å². The number of benzene rings is 1. The van der Waals surface area contributed by atoms with Crippen molar-refractivity contribution in [3.63, 3.8) is 0 Å². The van der Waals surface area contributed by atoms with Gasteiger partial charge in [-0.2, -0.15) is 0 Å². The van der Waals surface area contributed by atoms with Gasteiger partial charge in [-0.15, -0.1) is 0 Å². The Labute approximate surface area is 190 Å². The maximum absolute atomic E-state index is 14.0. The van der Waals surface area contributed by atoms with E-state index in [4.69, 9.17) is 24.1 Å². The first-order chi connectivity index (χ1) is 14.8. The van der Waals surface area contributed by atoms with Gasteiger partial charge in [-0.25, -0.2) is 4.39 Å². The molecule has 1 heterocycles. The van der Waals surface area contributed by atoms with Gasteiger partial charge in [-0.3, -0.25) is 0 Å². The van der Waals surface area contributed by atoms with E-state index in [9.17, 15) is 4.39 Å². The Morgan fingerprint density at radius 2 is 2.16 bits per heavy atom. The van der Waals surface area contributed by atoms with Crippen molar-refractivity contribution in [3.05, 3.63) is 108 Å². The van der Waals surface area contributed by atoms with Crippen LogP contribution in [0.25, 0.3) is 0 Å². The van der Waals surface area contributed by atoms with E-state index in [0.29, 0.717) is 16.9 Å². The minimum atomic E-state index is -0.429. The Morgan fingerprint density at radius 1 is 1.42 bits per heavy atom. The van der Waals surface area contributed by atoms with E-state index in [0.717, 1.165) is 23.3 Å². The molecule has 1 aromatic carbocycles. The Kier molecular flexibility index (Phi) is 9.01. The molecule has 0 fully saturated rings. The Hall–Kier alpha value is -2.92. The molecular formula is C25H27BClFN3. The molecule has 6 heteroatoms. The molecular weight excluding hydrogens is 408 g/mol. The average molecular weight is 435 g/mol. The summed E-state index contributed by atoms with van der Waals surface area (Å²) < 4.78 is 14.0. The van der Waals surface area contributed by atoms with Crippen LogP contribution < -0.4 is 5.32 Å². The SMILES string of the molecule is [B]=C(C)C(=C\NC)/N=C(/C=C\C=C)C1=CC(=C)N(C(CC)c2ccc(Cl)c(F)c2)C=C1. The van der Waals surface area contributed by atoms with E-state index in [1.165, 1.54) is 6.07 Å². The molecule has 0 spiro atoms. The van der Waals surface area contributed by atoms with Gasteiger partial charge in [0.2, 0.25) is 0 Å². The van der Waals surface area contributed by atoms with E-state index in [-0.39, 0.29) is 11.1 Å². The second-order valence-corrected chi connectivity index (χ2v) is 7.41. The molecule has 0 aromatic heterocycles. The molecule has 1 aliphatic heterocycles. The van der Waals surface area contributed by atoms with Gasteiger partial charge in [0.05, 0.1) is 5.02 Å². The fraction of sp³-hybridized carbons (Fsp3) is 0.200. The third kappa shape index (κ3) is 6.28. The van der Waals surface area contributed by atoms with Gasteiger partial charge in [-0.1, -0.05) is 11.6 Å². The molecule has 1 aromatic rings. The number of aliphatic imine (C=N–C) groups is 1. The average Bonchev–Trinajstić information content (AvgIpc) is 2.74. The van der Waals surface area contributed by atoms with Crippen LogP contribution >= 0.6 is 11.6 Å². The predicted molar refractivity (Wildman–Crippen MR) is 133 cm³/mol. The summed E-state index contributed by atoms with van der Waals surface area (Å²) in [5.41, 5.74) is 4.42. The number of hydrogen-bond donors (Lipinski definition) is 1. The van der Waals surface area contributed by atoms with Crippen LogP contribution in [0.5, 0.6) is 0 Å². The van der Waals surface area contributed by atoms with Crippen molar-refractivity contribution in [1.82, 2.24) is 10.2 Å². The van der Waals surface area contributed by atoms with Crippen LogP contribution in [0, 0.1) is 5.82 Å². The molecule has 3 nitrogen and oxygen atoms in total. The van der Waals surface area contributed by atoms with Gasteiger partial charge in [-0.05, 0) is 0 Å². The second-order valence-electron chi connectivity index (χ2n) is 7.00. The van der Waals surface area contributed by atoms with Crippen LogP contribution in [0.2, 0.25) is 5.02 Å². The molecule has 0 bridgehead atoms. The van der Waals surface area contributed by atoms with Gasteiger partial charge < -0.3 is 0 Å². The quantitative estimate of drug-likeness (QED) is 0.302. The zero-order valence-corrected chi connectivity index (χ0v) is 19.0. The van der Waals surface area contributed by atoms with Crippen LogP contribution in [0.1, 0.15) is 31.9 Å². The van der Waals surface area contributed by atoms with Gasteiger partial charge >= 0.3 is 170 Å². The molecule has 1 radical (unpaired) electrons. The number of nitrogens with zero attached hydrogens (tertiary/aromatic N) is 2. The molecule has 1 aliphatic rings. The molecule has 2 rings (SSSR count). The standard InChI is InChI=1S/C25H27BClFN3/c1-6-8-9-23(30-24(16-29-5)18(4)26)19-12-13-31(17(3)14-19)25(7-2)20-10-11-21(27)22(28)15-20/h6,8-16,25,29H,1,3,7H2,2,4-5H3/b9-8-,24-16+,30-23-. The van der Waals surface area contributed by atoms with Crippen LogP contribution in [0.3, 0.4) is 0 Å². The van der Waals surface area contributed by atoms with Crippen LogP contribution in [-0.2, 0) is 0 Å². The normalized spacial score (nSPS) is 15.8. The third-order valence-electron chi connectivity index (χ3n) is 4.73. The van der Waals surface area contributed by atoms with E-state index in [1.54, 1.807) is 32.3 Å². The molecule has 1 unspecified atom stereocenters. The summed E-state index contributed by atoms with van der Waals surface area (Å²) in [5.74, 6) is -0.429. The molecule has 31 heavy (non-hydrogen) atoms. The first kappa shape index (κ1) is 24.4. The van der Waals surface area contributed by atoms with Gasteiger partial charge in [0.15, 0.2) is 0 Å². The number of nitrogens with one attached hydrogen (secondary N) is 1. The minimum absolute atomic E-state index is 0.0724. The first-order valence-electron chi connectivity index (χ1n) is 9.99. The first-order valence-corrected chi connectivity index (χ1v) is 10.4. The summed E-state index contributed by atoms with van der Waals surface area (Å²) in [6, 6.07) is 4.83. The van der Waals surface area contributed by atoms with E-state index in [2.05, 4.69) is 18.5 Å². The summed E-state index contributed by atoms with van der Waals surface area (Å²) in [6.07, 6.45) is 13.7. The number of allylic oxidation sites excluding steroid dienone is 7. The fourth-order valence-corrected chi connectivity index (χ4v) is 3.31. The van der Waals surface area contributed by atoms with Crippen LogP contribution in [0.4, 0.5) is 4.39 Å². The number of halogens is 2. The summed E-state index contributed by atoms with van der Waals surface area (Å²) in [6.45, 7) is 11.8. The Bertz CT molecular complexity index is 1020. The van der Waals surface area contributed by atoms with E-state index < -0.39 is 5.82 Å². The molecule has 0 aliphatic carbocycles. The van der Waals surface area contributed by atoms with Crippen molar-refractivity contribution in [2.75, 3.05) is 7.05 Å². The monoisotopic (exact) mass is 434 g/mol. The maximum atomic E-state index is 14.0. The molecule has 0 saturated carbocycles. The third-order valence-corrected chi connectivity index (χ3v) is 5.04. The zero-order valence-electron chi connectivity index (χ0n) is 18.2. The van der Waals surface area contributed by atoms with Crippen molar-refractivity contribution < 1.29 is 4.39 Å². The van der Waals surface area contributed by atoms with Crippen molar-refractivity contribution in [1.29, 1.82) is 0 Å². The summed E-state index contributed by atoms with van der Waals surface area (Å²) in [5, 5.41) is 3.07. The second kappa shape index (κ2) is 11.5. The molecule has 1 N–H and O–H groups in total. The molecule has 0 saturated heterocycles. The van der Waals surface area contributed by atoms with Gasteiger partial charge in [0.25, 0.3) is 0 Å². The Balaban J connectivity index is 2.40. The predicted octanol–water partition coefficient (Wildman–Crippen LogP) is 5.80. The van der Waals surface area contributed by atoms with Crippen molar-refractivity contribution in [2.24, 2.45) is 4.99 Å². The van der Waals surface area contributed by atoms with Crippen molar-refractivity contribution in [3.8, 4) is 0 Å². The number of rotatable bonds is 9. The molecule has 1 atom stereocenters. The van der Waals surface area contributed by atoms with Crippen LogP contribution in [0.15, 0.2) is 96.1 Å². The summed E-state index contributed by atoms with van der Waals surface area (Å²) in [4.78, 5) is 6.73. The van der Waals surface area contributed by atoms with Crippen molar-refractivity contribution >= 4 is 30.3 Å². The van der Waals surface area contributed by atoms with E-state index >= 15 is 0 Å². The van der Waals surface area contributed by atoms with Crippen LogP contribution in [-0.4, -0.2) is 30.6 Å². The van der Waals surface area contributed by atoms with Gasteiger partial charge in [0.1, 0.15) is 0 Å². The zero-order chi connectivity index (χ0) is 23.0. The molecule has 0 amide bonds. The van der Waals surface area contributed by atoms with Gasteiger partial charge in [0, 0.05) is 0 Å².